The standard InChI is InChI=1S/C25H24N5O8P/c1-33-39(35-18(14-8-4-2-5-9-14)19(36-39)15-10-6-3-7-11-15)37-20-16(12-31)34-24(21(20)38-39)30-13-27-17-22(30)28-25(26)29-23(17)32/h2-11,13,16,20-21,24,31H,12H2,1H3,(H3,26,28,29,32)/t16-,20-,21-,24-/m1/s1. The predicted octanol–water partition coefficient (Wildman–Crippen LogP) is 2.72. The molecule has 4 atom stereocenters. The first-order valence-electron chi connectivity index (χ1n) is 12.1. The number of anilines is 1. The first kappa shape index (κ1) is 24.2. The van der Waals surface area contributed by atoms with Crippen molar-refractivity contribution in [1.82, 2.24) is 19.5 Å². The summed E-state index contributed by atoms with van der Waals surface area (Å²) in [6.45, 7) is -0.398. The predicted molar refractivity (Wildman–Crippen MR) is 139 cm³/mol. The van der Waals surface area contributed by atoms with E-state index in [9.17, 15) is 9.90 Å². The number of nitrogens with zero attached hydrogens (tertiary/aromatic N) is 3. The van der Waals surface area contributed by atoms with Crippen molar-refractivity contribution in [1.29, 1.82) is 0 Å². The van der Waals surface area contributed by atoms with Gasteiger partial charge in [-0.1, -0.05) is 0 Å². The van der Waals surface area contributed by atoms with Crippen LogP contribution in [0.2, 0.25) is 0 Å². The number of hydrogen-bond acceptors (Lipinski definition) is 11. The maximum absolute atomic E-state index is 12.4. The average Bonchev–Trinajstić information content (AvgIpc) is 3.70. The summed E-state index contributed by atoms with van der Waals surface area (Å²) in [6, 6.07) is 18.8. The molecule has 0 aliphatic carbocycles. The van der Waals surface area contributed by atoms with Crippen LogP contribution in [0.5, 0.6) is 0 Å². The van der Waals surface area contributed by atoms with E-state index >= 15 is 0 Å². The van der Waals surface area contributed by atoms with Gasteiger partial charge in [-0.3, -0.25) is 0 Å². The van der Waals surface area contributed by atoms with Gasteiger partial charge in [0.15, 0.2) is 0 Å². The first-order chi connectivity index (χ1) is 18.9. The van der Waals surface area contributed by atoms with Crippen LogP contribution in [0.15, 0.2) is 71.8 Å². The fourth-order valence-electron chi connectivity index (χ4n) is 5.06. The van der Waals surface area contributed by atoms with E-state index in [4.69, 9.17) is 33.1 Å². The number of benzene rings is 2. The van der Waals surface area contributed by atoms with Gasteiger partial charge in [0.05, 0.1) is 0 Å². The molecular weight excluding hydrogens is 529 g/mol. The number of nitrogens with two attached hydrogens (primary N) is 1. The molecule has 2 fully saturated rings. The summed E-state index contributed by atoms with van der Waals surface area (Å²) in [4.78, 5) is 23.2. The van der Waals surface area contributed by atoms with Crippen molar-refractivity contribution in [3.63, 3.8) is 0 Å². The Bertz CT molecular complexity index is 1610. The minimum absolute atomic E-state index is 0.0659. The molecule has 0 amide bonds. The second kappa shape index (κ2) is 8.58. The van der Waals surface area contributed by atoms with E-state index in [-0.39, 0.29) is 17.1 Å². The Morgan fingerprint density at radius 1 is 1.03 bits per heavy atom. The van der Waals surface area contributed by atoms with Gasteiger partial charge in [-0.05, 0) is 0 Å². The van der Waals surface area contributed by atoms with E-state index in [2.05, 4.69) is 15.0 Å². The Morgan fingerprint density at radius 2 is 1.64 bits per heavy atom. The van der Waals surface area contributed by atoms with Gasteiger partial charge in [-0.15, -0.1) is 0 Å². The molecule has 2 aromatic carbocycles. The van der Waals surface area contributed by atoms with Crippen LogP contribution < -0.4 is 11.3 Å². The zero-order chi connectivity index (χ0) is 26.8. The Labute approximate surface area is 221 Å². The molecule has 4 N–H and O–H groups in total. The molecular formula is C25H24N5O8P. The van der Waals surface area contributed by atoms with Crippen LogP contribution in [0.1, 0.15) is 17.4 Å². The van der Waals surface area contributed by atoms with Gasteiger partial charge in [0.2, 0.25) is 0 Å². The SMILES string of the molecule is COP12(OC(c3ccccc3)=C(c3ccccc3)O1)O[C@@H]1[C@H](O2)[C@@H](CO)O[C@H]1n1cnc2c(=O)[nH]c(N)nc21. The molecule has 2 saturated heterocycles. The number of ether oxygens (including phenoxy) is 1. The summed E-state index contributed by atoms with van der Waals surface area (Å²) in [7, 11) is -3.42. The van der Waals surface area contributed by atoms with E-state index in [0.29, 0.717) is 11.5 Å². The maximum atomic E-state index is 12.4. The van der Waals surface area contributed by atoms with Crippen LogP contribution in [0.25, 0.3) is 22.7 Å². The monoisotopic (exact) mass is 553 g/mol. The van der Waals surface area contributed by atoms with Gasteiger partial charge in [-0.25, -0.2) is 0 Å². The van der Waals surface area contributed by atoms with Crippen molar-refractivity contribution in [3.8, 4) is 0 Å². The van der Waals surface area contributed by atoms with Crippen LogP contribution in [0.3, 0.4) is 0 Å². The summed E-state index contributed by atoms with van der Waals surface area (Å²) in [5, 5.41) is 10.2. The Hall–Kier alpha value is -3.84. The zero-order valence-corrected chi connectivity index (χ0v) is 21.4. The van der Waals surface area contributed by atoms with Gasteiger partial charge >= 0.3 is 221 Å². The number of aromatic amines is 1. The van der Waals surface area contributed by atoms with E-state index < -0.39 is 44.4 Å². The summed E-state index contributed by atoms with van der Waals surface area (Å²) in [5.41, 5.74) is 6.98. The fourth-order valence-corrected chi connectivity index (χ4v) is 7.89. The molecule has 2 aromatic heterocycles. The van der Waals surface area contributed by atoms with Crippen LogP contribution in [-0.4, -0.2) is 56.7 Å². The third-order valence-electron chi connectivity index (χ3n) is 6.83. The molecule has 1 spiro atoms. The number of hydrogen-bond donors (Lipinski definition) is 3. The molecule has 39 heavy (non-hydrogen) atoms. The number of aliphatic hydroxyl groups excluding tert-OH is 1. The summed E-state index contributed by atoms with van der Waals surface area (Å²) < 4.78 is 39.5. The van der Waals surface area contributed by atoms with Crippen molar-refractivity contribution in [2.24, 2.45) is 0 Å². The quantitative estimate of drug-likeness (QED) is 0.311. The number of fused-ring (bicyclic) bond motifs is 2. The second-order valence-corrected chi connectivity index (χ2v) is 11.8. The molecule has 0 radical (unpaired) electrons. The number of nitrogens with one attached hydrogen (secondary N) is 1. The Balaban J connectivity index is 1.33. The molecule has 3 aliphatic heterocycles. The van der Waals surface area contributed by atoms with Gasteiger partial charge in [0.1, 0.15) is 0 Å². The summed E-state index contributed by atoms with van der Waals surface area (Å²) in [5.74, 6) is 0.679. The van der Waals surface area contributed by atoms with Crippen molar-refractivity contribution < 1.29 is 32.5 Å². The van der Waals surface area contributed by atoms with Crippen molar-refractivity contribution in [2.45, 2.75) is 24.5 Å². The van der Waals surface area contributed by atoms with Crippen LogP contribution in [0.4, 0.5) is 5.95 Å². The molecule has 0 saturated carbocycles. The van der Waals surface area contributed by atoms with Gasteiger partial charge in [0.25, 0.3) is 0 Å². The third-order valence-corrected chi connectivity index (χ3v) is 9.57. The number of imidazole rings is 1. The summed E-state index contributed by atoms with van der Waals surface area (Å²) >= 11 is 0. The van der Waals surface area contributed by atoms with E-state index in [1.54, 1.807) is 0 Å². The molecule has 5 heterocycles. The molecule has 0 unspecified atom stereocenters. The van der Waals surface area contributed by atoms with Crippen LogP contribution in [-0.2, 0) is 27.4 Å². The number of rotatable bonds is 5. The van der Waals surface area contributed by atoms with Crippen molar-refractivity contribution >= 4 is 36.4 Å². The fraction of sp³-hybridized carbons (Fsp3) is 0.240. The second-order valence-electron chi connectivity index (χ2n) is 9.16. The molecule has 202 valence electrons. The van der Waals surface area contributed by atoms with Crippen LogP contribution in [0, 0.1) is 0 Å². The van der Waals surface area contributed by atoms with Gasteiger partial charge < -0.3 is 0 Å². The minimum atomic E-state index is -4.80. The molecule has 7 rings (SSSR count). The Morgan fingerprint density at radius 3 is 2.23 bits per heavy atom. The molecule has 14 heteroatoms. The van der Waals surface area contributed by atoms with Crippen LogP contribution >= 0.6 is 7.74 Å². The molecule has 13 nitrogen and oxygen atoms in total. The molecule has 4 aromatic rings. The first-order valence-corrected chi connectivity index (χ1v) is 14.0. The Kier molecular flexibility index (Phi) is 5.33. The summed E-state index contributed by atoms with van der Waals surface area (Å²) in [6.07, 6.45) is -2.15. The number of aromatic nitrogens is 4. The zero-order valence-electron chi connectivity index (χ0n) is 20.5. The number of H-pyrrole nitrogens is 1. The third kappa shape index (κ3) is 3.59. The topological polar surface area (TPSA) is 165 Å². The molecule has 0 bridgehead atoms. The average molecular weight is 553 g/mol. The normalized spacial score (nSPS) is 27.7. The van der Waals surface area contributed by atoms with E-state index in [0.717, 1.165) is 11.1 Å². The van der Waals surface area contributed by atoms with Crippen molar-refractivity contribution in [3.05, 3.63) is 88.5 Å². The molecule has 3 aliphatic rings. The van der Waals surface area contributed by atoms with Crippen molar-refractivity contribution in [2.75, 3.05) is 19.5 Å². The number of aliphatic hydroxyl groups is 1. The van der Waals surface area contributed by atoms with E-state index in [1.807, 2.05) is 60.7 Å². The van der Waals surface area contributed by atoms with Gasteiger partial charge in [0, 0.05) is 0 Å². The van der Waals surface area contributed by atoms with Gasteiger partial charge in [-0.2, -0.15) is 0 Å². The number of nitrogen functional groups attached to an aromatic ring is 1. The van der Waals surface area contributed by atoms with E-state index in [1.165, 1.54) is 18.0 Å².